The number of fused-ring (bicyclic) bond motifs is 1. The predicted octanol–water partition coefficient (Wildman–Crippen LogP) is 5.03. The smallest absolute Gasteiger partial charge is 0.0759 e. The first-order chi connectivity index (χ1) is 10.3. The molecular weight excluding hydrogens is 256 g/mol. The lowest BCUT2D eigenvalue weighted by Gasteiger charge is -2.16. The van der Waals surface area contributed by atoms with E-state index in [2.05, 4.69) is 61.6 Å². The Morgan fingerprint density at radius 1 is 0.952 bits per heavy atom. The van der Waals surface area contributed by atoms with Gasteiger partial charge in [-0.05, 0) is 25.0 Å². The number of nitrogens with zero attached hydrogens (tertiary/aromatic N) is 1. The summed E-state index contributed by atoms with van der Waals surface area (Å²) < 4.78 is 0. The highest BCUT2D eigenvalue weighted by Gasteiger charge is 2.12. The molecular formula is C19H20N2. The Labute approximate surface area is 125 Å². The second-order valence-corrected chi connectivity index (χ2v) is 5.27. The fraction of sp³-hybridized carbons (Fsp3) is 0.211. The van der Waals surface area contributed by atoms with Crippen LogP contribution in [0.3, 0.4) is 0 Å². The minimum absolute atomic E-state index is 0.975. The number of nitrogens with one attached hydrogen (secondary N) is 1. The van der Waals surface area contributed by atoms with Crippen LogP contribution >= 0.6 is 0 Å². The summed E-state index contributed by atoms with van der Waals surface area (Å²) in [6.45, 7) is 5.31. The Morgan fingerprint density at radius 2 is 1.67 bits per heavy atom. The van der Waals surface area contributed by atoms with Gasteiger partial charge in [0.1, 0.15) is 0 Å². The van der Waals surface area contributed by atoms with E-state index in [-0.39, 0.29) is 0 Å². The molecule has 0 atom stereocenters. The molecule has 3 aromatic rings. The predicted molar refractivity (Wildman–Crippen MR) is 90.7 cm³/mol. The van der Waals surface area contributed by atoms with Crippen LogP contribution in [0.5, 0.6) is 0 Å². The second-order valence-electron chi connectivity index (χ2n) is 5.27. The summed E-state index contributed by atoms with van der Waals surface area (Å²) in [4.78, 5) is 4.87. The third-order valence-electron chi connectivity index (χ3n) is 3.73. The molecule has 2 heteroatoms. The molecule has 0 radical (unpaired) electrons. The minimum atomic E-state index is 0.975. The molecule has 1 N–H and O–H groups in total. The van der Waals surface area contributed by atoms with Crippen LogP contribution in [0.15, 0.2) is 54.6 Å². The summed E-state index contributed by atoms with van der Waals surface area (Å²) >= 11 is 0. The van der Waals surface area contributed by atoms with Gasteiger partial charge in [0.25, 0.3) is 0 Å². The van der Waals surface area contributed by atoms with Gasteiger partial charge in [-0.3, -0.25) is 0 Å². The fourth-order valence-electron chi connectivity index (χ4n) is 2.66. The average molecular weight is 276 g/mol. The van der Waals surface area contributed by atoms with Gasteiger partial charge in [-0.2, -0.15) is 0 Å². The van der Waals surface area contributed by atoms with E-state index in [9.17, 15) is 0 Å². The lowest BCUT2D eigenvalue weighted by atomic mass is 10.0. The Bertz CT molecular complexity index is 748. The highest BCUT2D eigenvalue weighted by molar-refractivity contribution is 5.96. The third-order valence-corrected chi connectivity index (χ3v) is 3.73. The molecule has 0 saturated carbocycles. The summed E-state index contributed by atoms with van der Waals surface area (Å²) in [5.74, 6) is 0. The number of hydrogen-bond donors (Lipinski definition) is 1. The molecule has 0 amide bonds. The molecule has 0 saturated heterocycles. The number of aromatic nitrogens is 1. The van der Waals surface area contributed by atoms with Crippen molar-refractivity contribution in [2.45, 2.75) is 20.3 Å². The number of hydrogen-bond acceptors (Lipinski definition) is 2. The zero-order valence-corrected chi connectivity index (χ0v) is 12.6. The Hall–Kier alpha value is -2.35. The van der Waals surface area contributed by atoms with Crippen molar-refractivity contribution in [1.82, 2.24) is 4.98 Å². The summed E-state index contributed by atoms with van der Waals surface area (Å²) in [5.41, 5.74) is 5.70. The fourth-order valence-corrected chi connectivity index (χ4v) is 2.66. The summed E-state index contributed by atoms with van der Waals surface area (Å²) in [6.07, 6.45) is 1.11. The molecule has 2 nitrogen and oxygen atoms in total. The van der Waals surface area contributed by atoms with Crippen molar-refractivity contribution in [3.63, 3.8) is 0 Å². The maximum Gasteiger partial charge on any atom is 0.0759 e. The summed E-state index contributed by atoms with van der Waals surface area (Å²) in [6, 6.07) is 18.7. The minimum Gasteiger partial charge on any atom is -0.384 e. The summed E-state index contributed by atoms with van der Waals surface area (Å²) in [7, 11) is 0. The molecule has 0 unspecified atom stereocenters. The molecule has 2 aromatic carbocycles. The molecule has 1 aromatic heterocycles. The molecule has 0 aliphatic rings. The van der Waals surface area contributed by atoms with Crippen molar-refractivity contribution in [2.75, 3.05) is 11.9 Å². The van der Waals surface area contributed by atoms with Gasteiger partial charge in [0.15, 0.2) is 0 Å². The van der Waals surface area contributed by atoms with Crippen LogP contribution in [-0.2, 0) is 0 Å². The zero-order chi connectivity index (χ0) is 14.7. The van der Waals surface area contributed by atoms with Gasteiger partial charge in [-0.15, -0.1) is 0 Å². The zero-order valence-electron chi connectivity index (χ0n) is 12.6. The van der Waals surface area contributed by atoms with E-state index in [0.717, 1.165) is 24.2 Å². The molecule has 3 rings (SSSR count). The van der Waals surface area contributed by atoms with E-state index in [1.165, 1.54) is 22.2 Å². The molecule has 21 heavy (non-hydrogen) atoms. The molecule has 0 aliphatic carbocycles. The van der Waals surface area contributed by atoms with Gasteiger partial charge in [-0.25, -0.2) is 4.98 Å². The van der Waals surface area contributed by atoms with E-state index in [0.29, 0.717) is 0 Å². The van der Waals surface area contributed by atoms with Gasteiger partial charge in [0.05, 0.1) is 11.2 Å². The maximum absolute atomic E-state index is 4.87. The largest absolute Gasteiger partial charge is 0.384 e. The standard InChI is InChI=1S/C19H20N2/c1-3-13-20-19-14(2)18(15-9-5-4-6-10-15)21-17-12-8-7-11-16(17)19/h4-12H,3,13H2,1-2H3,(H,20,21). The van der Waals surface area contributed by atoms with Crippen LogP contribution in [0.25, 0.3) is 22.2 Å². The molecule has 106 valence electrons. The van der Waals surface area contributed by atoms with E-state index < -0.39 is 0 Å². The first-order valence-corrected chi connectivity index (χ1v) is 7.50. The SMILES string of the molecule is CCCNc1c(C)c(-c2ccccc2)nc2ccccc12. The highest BCUT2D eigenvalue weighted by Crippen LogP contribution is 2.33. The topological polar surface area (TPSA) is 24.9 Å². The average Bonchev–Trinajstić information content (AvgIpc) is 2.54. The lowest BCUT2D eigenvalue weighted by molar-refractivity contribution is 0.979. The molecule has 0 bridgehead atoms. The van der Waals surface area contributed by atoms with Crippen LogP contribution < -0.4 is 5.32 Å². The van der Waals surface area contributed by atoms with Crippen molar-refractivity contribution >= 4 is 16.6 Å². The number of pyridine rings is 1. The van der Waals surface area contributed by atoms with E-state index in [4.69, 9.17) is 4.98 Å². The van der Waals surface area contributed by atoms with Gasteiger partial charge < -0.3 is 5.32 Å². The van der Waals surface area contributed by atoms with Gasteiger partial charge >= 0.3 is 0 Å². The van der Waals surface area contributed by atoms with Crippen molar-refractivity contribution in [3.05, 3.63) is 60.2 Å². The van der Waals surface area contributed by atoms with Crippen molar-refractivity contribution in [3.8, 4) is 11.3 Å². The van der Waals surface area contributed by atoms with E-state index in [1.807, 2.05) is 12.1 Å². The quantitative estimate of drug-likeness (QED) is 0.722. The number of benzene rings is 2. The van der Waals surface area contributed by atoms with Crippen molar-refractivity contribution in [1.29, 1.82) is 0 Å². The first kappa shape index (κ1) is 13.6. The second kappa shape index (κ2) is 5.96. The Balaban J connectivity index is 2.24. The molecule has 0 fully saturated rings. The highest BCUT2D eigenvalue weighted by atomic mass is 14.9. The van der Waals surface area contributed by atoms with E-state index >= 15 is 0 Å². The lowest BCUT2D eigenvalue weighted by Crippen LogP contribution is -2.04. The van der Waals surface area contributed by atoms with Crippen LogP contribution in [0.4, 0.5) is 5.69 Å². The monoisotopic (exact) mass is 276 g/mol. The Morgan fingerprint density at radius 3 is 2.43 bits per heavy atom. The van der Waals surface area contributed by atoms with Crippen molar-refractivity contribution < 1.29 is 0 Å². The van der Waals surface area contributed by atoms with Crippen LogP contribution in [0.2, 0.25) is 0 Å². The third kappa shape index (κ3) is 2.62. The number of anilines is 1. The van der Waals surface area contributed by atoms with Gasteiger partial charge in [0, 0.05) is 23.2 Å². The normalized spacial score (nSPS) is 10.8. The first-order valence-electron chi connectivity index (χ1n) is 7.50. The van der Waals surface area contributed by atoms with E-state index in [1.54, 1.807) is 0 Å². The maximum atomic E-state index is 4.87. The van der Waals surface area contributed by atoms with Crippen LogP contribution in [-0.4, -0.2) is 11.5 Å². The van der Waals surface area contributed by atoms with Crippen LogP contribution in [0, 0.1) is 6.92 Å². The van der Waals surface area contributed by atoms with Gasteiger partial charge in [0.2, 0.25) is 0 Å². The number of rotatable bonds is 4. The molecule has 1 heterocycles. The van der Waals surface area contributed by atoms with Crippen molar-refractivity contribution in [2.24, 2.45) is 0 Å². The Kier molecular flexibility index (Phi) is 3.87. The number of para-hydroxylation sites is 1. The molecule has 0 spiro atoms. The molecule has 0 aliphatic heterocycles. The van der Waals surface area contributed by atoms with Crippen LogP contribution in [0.1, 0.15) is 18.9 Å². The van der Waals surface area contributed by atoms with Gasteiger partial charge in [-0.1, -0.05) is 55.5 Å². The summed E-state index contributed by atoms with van der Waals surface area (Å²) in [5, 5.41) is 4.77.